The van der Waals surface area contributed by atoms with Gasteiger partial charge in [0.1, 0.15) is 5.69 Å². The predicted molar refractivity (Wildman–Crippen MR) is 72.5 cm³/mol. The molecular weight excluding hydrogens is 297 g/mol. The van der Waals surface area contributed by atoms with Gasteiger partial charge in [-0.15, -0.1) is 0 Å². The summed E-state index contributed by atoms with van der Waals surface area (Å²) < 4.78 is 41.4. The number of aromatic nitrogens is 1. The van der Waals surface area contributed by atoms with Crippen LogP contribution in [0.25, 0.3) is 6.08 Å². The van der Waals surface area contributed by atoms with Gasteiger partial charge in [0.05, 0.1) is 0 Å². The molecule has 0 bridgehead atoms. The molecule has 0 unspecified atom stereocenters. The van der Waals surface area contributed by atoms with Crippen molar-refractivity contribution in [3.05, 3.63) is 36.3 Å². The molecule has 3 rings (SSSR count). The molecule has 1 spiro atoms. The number of likely N-dealkylation sites (tertiary alicyclic amines) is 1. The molecule has 2 heterocycles. The molecular formula is C15H15F3N2O2. The van der Waals surface area contributed by atoms with Gasteiger partial charge in [-0.2, -0.15) is 13.2 Å². The van der Waals surface area contributed by atoms with Gasteiger partial charge in [-0.25, -0.2) is 0 Å². The van der Waals surface area contributed by atoms with Crippen molar-refractivity contribution < 1.29 is 22.5 Å². The average molecular weight is 312 g/mol. The van der Waals surface area contributed by atoms with Crippen LogP contribution in [0, 0.1) is 11.3 Å². The quantitative estimate of drug-likeness (QED) is 0.806. The number of hydrogen-bond acceptors (Lipinski definition) is 3. The lowest BCUT2D eigenvalue weighted by molar-refractivity contribution is -0.155. The van der Waals surface area contributed by atoms with Crippen molar-refractivity contribution in [3.8, 4) is 0 Å². The Balaban J connectivity index is 1.50. The van der Waals surface area contributed by atoms with E-state index in [1.807, 2.05) is 6.08 Å². The molecule has 7 heteroatoms. The molecule has 0 radical (unpaired) electrons. The van der Waals surface area contributed by atoms with Crippen molar-refractivity contribution in [3.63, 3.8) is 0 Å². The smallest absolute Gasteiger partial charge is 0.351 e. The van der Waals surface area contributed by atoms with Gasteiger partial charge in [0, 0.05) is 24.6 Å². The SMILES string of the molecule is C=CC(=O)N1CC2(CC(/C=C/c3cc(C(F)(F)F)on3)C2)C1. The molecule has 0 N–H and O–H groups in total. The third-order valence-corrected chi connectivity index (χ3v) is 4.28. The lowest BCUT2D eigenvalue weighted by Crippen LogP contribution is -2.63. The van der Waals surface area contributed by atoms with Crippen LogP contribution >= 0.6 is 0 Å². The van der Waals surface area contributed by atoms with Crippen molar-refractivity contribution in [1.82, 2.24) is 10.1 Å². The Morgan fingerprint density at radius 3 is 2.68 bits per heavy atom. The number of nitrogens with zero attached hydrogens (tertiary/aromatic N) is 2. The highest BCUT2D eigenvalue weighted by Gasteiger charge is 2.52. The normalized spacial score (nSPS) is 21.0. The number of halogens is 3. The lowest BCUT2D eigenvalue weighted by Gasteiger charge is -2.58. The predicted octanol–water partition coefficient (Wildman–Crippen LogP) is 3.13. The Labute approximate surface area is 125 Å². The Hall–Kier alpha value is -2.05. The summed E-state index contributed by atoms with van der Waals surface area (Å²) in [6.45, 7) is 4.93. The first-order valence-electron chi connectivity index (χ1n) is 6.95. The summed E-state index contributed by atoms with van der Waals surface area (Å²) in [4.78, 5) is 13.1. The molecule has 2 fully saturated rings. The molecule has 1 aromatic rings. The van der Waals surface area contributed by atoms with Gasteiger partial charge in [0.2, 0.25) is 11.7 Å². The second kappa shape index (κ2) is 5.00. The maximum absolute atomic E-state index is 12.4. The summed E-state index contributed by atoms with van der Waals surface area (Å²) in [5.41, 5.74) is 0.361. The highest BCUT2D eigenvalue weighted by Crippen LogP contribution is 2.52. The molecule has 22 heavy (non-hydrogen) atoms. The van der Waals surface area contributed by atoms with Crippen molar-refractivity contribution in [2.24, 2.45) is 11.3 Å². The van der Waals surface area contributed by atoms with Crippen molar-refractivity contribution in [1.29, 1.82) is 0 Å². The number of carbonyl (C=O) groups is 1. The fourth-order valence-electron chi connectivity index (χ4n) is 3.23. The van der Waals surface area contributed by atoms with Crippen LogP contribution in [0.3, 0.4) is 0 Å². The molecule has 0 atom stereocenters. The van der Waals surface area contributed by atoms with Gasteiger partial charge in [-0.3, -0.25) is 4.79 Å². The zero-order chi connectivity index (χ0) is 16.0. The number of carbonyl (C=O) groups excluding carboxylic acids is 1. The fourth-order valence-corrected chi connectivity index (χ4v) is 3.23. The fraction of sp³-hybridized carbons (Fsp3) is 0.467. The molecule has 1 aromatic heterocycles. The van der Waals surface area contributed by atoms with Crippen molar-refractivity contribution in [2.75, 3.05) is 13.1 Å². The van der Waals surface area contributed by atoms with Crippen LogP contribution in [0.5, 0.6) is 0 Å². The largest absolute Gasteiger partial charge is 0.452 e. The molecule has 1 aliphatic heterocycles. The van der Waals surface area contributed by atoms with E-state index in [-0.39, 0.29) is 17.0 Å². The third-order valence-electron chi connectivity index (χ3n) is 4.28. The van der Waals surface area contributed by atoms with E-state index >= 15 is 0 Å². The van der Waals surface area contributed by atoms with Gasteiger partial charge >= 0.3 is 6.18 Å². The van der Waals surface area contributed by atoms with Crippen LogP contribution in [-0.2, 0) is 11.0 Å². The van der Waals surface area contributed by atoms with Gasteiger partial charge < -0.3 is 9.42 Å². The van der Waals surface area contributed by atoms with E-state index in [4.69, 9.17) is 0 Å². The summed E-state index contributed by atoms with van der Waals surface area (Å²) in [5, 5.41) is 3.38. The van der Waals surface area contributed by atoms with E-state index in [0.717, 1.165) is 32.0 Å². The molecule has 1 saturated carbocycles. The minimum Gasteiger partial charge on any atom is -0.351 e. The van der Waals surface area contributed by atoms with E-state index in [1.165, 1.54) is 6.08 Å². The standard InChI is InChI=1S/C15H15F3N2O2/c1-2-13(21)20-8-14(9-20)6-10(7-14)3-4-11-5-12(22-19-11)15(16,17)18/h2-5,10H,1,6-9H2/b4-3+. The summed E-state index contributed by atoms with van der Waals surface area (Å²) in [6, 6.07) is 0.888. The average Bonchev–Trinajstić information content (AvgIpc) is 2.83. The molecule has 118 valence electrons. The van der Waals surface area contributed by atoms with Gasteiger partial charge in [-0.05, 0) is 30.9 Å². The number of amides is 1. The highest BCUT2D eigenvalue weighted by molar-refractivity contribution is 5.87. The Kier molecular flexibility index (Phi) is 3.38. The second-order valence-corrected chi connectivity index (χ2v) is 6.04. The molecule has 4 nitrogen and oxygen atoms in total. The minimum absolute atomic E-state index is 0.0492. The van der Waals surface area contributed by atoms with Gasteiger partial charge in [0.15, 0.2) is 0 Å². The summed E-state index contributed by atoms with van der Waals surface area (Å²) in [5.74, 6) is -0.825. The zero-order valence-electron chi connectivity index (χ0n) is 11.8. The van der Waals surface area contributed by atoms with Crippen LogP contribution in [0.4, 0.5) is 13.2 Å². The molecule has 1 amide bonds. The summed E-state index contributed by atoms with van der Waals surface area (Å²) in [6.07, 6.45) is 2.10. The highest BCUT2D eigenvalue weighted by atomic mass is 19.4. The second-order valence-electron chi connectivity index (χ2n) is 6.04. The lowest BCUT2D eigenvalue weighted by atomic mass is 9.57. The first kappa shape index (κ1) is 14.9. The number of alkyl halides is 3. The number of hydrogen-bond donors (Lipinski definition) is 0. The molecule has 2 aliphatic rings. The first-order chi connectivity index (χ1) is 10.3. The van der Waals surface area contributed by atoms with Crippen LogP contribution in [-0.4, -0.2) is 29.1 Å². The van der Waals surface area contributed by atoms with Gasteiger partial charge in [0.25, 0.3) is 0 Å². The Morgan fingerprint density at radius 1 is 1.45 bits per heavy atom. The third kappa shape index (κ3) is 2.67. The van der Waals surface area contributed by atoms with Crippen LogP contribution in [0.15, 0.2) is 29.3 Å². The summed E-state index contributed by atoms with van der Waals surface area (Å²) >= 11 is 0. The van der Waals surface area contributed by atoms with Crippen LogP contribution in [0.1, 0.15) is 24.3 Å². The van der Waals surface area contributed by atoms with E-state index in [1.54, 1.807) is 11.0 Å². The van der Waals surface area contributed by atoms with E-state index in [2.05, 4.69) is 16.3 Å². The van der Waals surface area contributed by atoms with E-state index in [0.29, 0.717) is 5.92 Å². The van der Waals surface area contributed by atoms with Crippen molar-refractivity contribution >= 4 is 12.0 Å². The maximum Gasteiger partial charge on any atom is 0.452 e. The molecule has 1 saturated heterocycles. The van der Waals surface area contributed by atoms with Crippen LogP contribution in [0.2, 0.25) is 0 Å². The number of allylic oxidation sites excluding steroid dienone is 1. The number of rotatable bonds is 3. The summed E-state index contributed by atoms with van der Waals surface area (Å²) in [7, 11) is 0. The van der Waals surface area contributed by atoms with E-state index in [9.17, 15) is 18.0 Å². The molecule has 1 aliphatic carbocycles. The minimum atomic E-state index is -4.51. The zero-order valence-corrected chi connectivity index (χ0v) is 11.8. The Bertz CT molecular complexity index is 619. The van der Waals surface area contributed by atoms with E-state index < -0.39 is 11.9 Å². The Morgan fingerprint density at radius 2 is 2.14 bits per heavy atom. The van der Waals surface area contributed by atoms with Gasteiger partial charge in [-0.1, -0.05) is 17.8 Å². The van der Waals surface area contributed by atoms with Crippen molar-refractivity contribution in [2.45, 2.75) is 19.0 Å². The van der Waals surface area contributed by atoms with Crippen LogP contribution < -0.4 is 0 Å². The maximum atomic E-state index is 12.4. The topological polar surface area (TPSA) is 46.3 Å². The molecule has 0 aromatic carbocycles. The monoisotopic (exact) mass is 312 g/mol. The first-order valence-corrected chi connectivity index (χ1v) is 6.95.